The Morgan fingerprint density at radius 3 is 2.33 bits per heavy atom. The normalized spacial score (nSPS) is 11.8. The highest BCUT2D eigenvalue weighted by Gasteiger charge is 2.22. The molecule has 1 heterocycles. The van der Waals surface area contributed by atoms with Crippen LogP contribution in [0, 0.1) is 17.2 Å². The van der Waals surface area contributed by atoms with Crippen molar-refractivity contribution in [2.75, 3.05) is 0 Å². The Morgan fingerprint density at radius 1 is 1.42 bits per heavy atom. The van der Waals surface area contributed by atoms with E-state index >= 15 is 0 Å². The molecule has 0 aliphatic rings. The quantitative estimate of drug-likeness (QED) is 0.525. The van der Waals surface area contributed by atoms with Gasteiger partial charge in [-0.2, -0.15) is 14.0 Å². The van der Waals surface area contributed by atoms with Gasteiger partial charge in [0.15, 0.2) is 0 Å². The first-order valence-corrected chi connectivity index (χ1v) is 4.36. The van der Waals surface area contributed by atoms with Gasteiger partial charge < -0.3 is 4.57 Å². The van der Waals surface area contributed by atoms with Crippen LogP contribution in [-0.4, -0.2) is 4.57 Å². The van der Waals surface area contributed by atoms with Crippen LogP contribution in [0.1, 0.15) is 5.69 Å². The molecule has 1 aromatic rings. The fourth-order valence-electron chi connectivity index (χ4n) is 0.769. The molecule has 0 aromatic carbocycles. The van der Waals surface area contributed by atoms with Crippen LogP contribution in [-0.2, 0) is 7.05 Å². The Bertz CT molecular complexity index is 278. The first-order valence-electron chi connectivity index (χ1n) is 3.12. The van der Waals surface area contributed by atoms with E-state index < -0.39 is 10.2 Å². The number of aromatic nitrogens is 1. The van der Waals surface area contributed by atoms with Gasteiger partial charge in [-0.15, -0.1) is 0 Å². The maximum Gasteiger partial charge on any atom is 0.308 e. The molecule has 0 atom stereocenters. The van der Waals surface area contributed by atoms with Crippen molar-refractivity contribution in [1.82, 2.24) is 4.57 Å². The van der Waals surface area contributed by atoms with Crippen LogP contribution in [0.2, 0.25) is 0 Å². The summed E-state index contributed by atoms with van der Waals surface area (Å²) in [6.45, 7) is 1.65. The average Bonchev–Trinajstić information content (AvgIpc) is 2.16. The van der Waals surface area contributed by atoms with Crippen molar-refractivity contribution in [3.05, 3.63) is 18.0 Å². The lowest BCUT2D eigenvalue weighted by atomic mass is 10.4. The van der Waals surface area contributed by atoms with Gasteiger partial charge in [-0.25, -0.2) is 0 Å². The Balaban J connectivity index is 2.83. The molecule has 1 rings (SSSR count). The SMILES string of the molecule is Cc1c(O[Cl+3]([O-])([O-])[O-])ccn1C. The molecular formula is C6H8ClNO4. The van der Waals surface area contributed by atoms with E-state index in [9.17, 15) is 14.0 Å². The third-order valence-electron chi connectivity index (χ3n) is 1.51. The highest BCUT2D eigenvalue weighted by molar-refractivity contribution is 5.26. The maximum atomic E-state index is 10.1. The van der Waals surface area contributed by atoms with E-state index in [2.05, 4.69) is 4.29 Å². The first kappa shape index (κ1) is 9.34. The minimum absolute atomic E-state index is 0.0640. The third kappa shape index (κ3) is 2.12. The van der Waals surface area contributed by atoms with E-state index in [1.807, 2.05) is 0 Å². The van der Waals surface area contributed by atoms with Crippen molar-refractivity contribution in [3.63, 3.8) is 0 Å². The smallest absolute Gasteiger partial charge is 0.308 e. The molecule has 0 aliphatic carbocycles. The predicted octanol–water partition coefficient (Wildman–Crippen LogP) is -2.39. The Hall–Kier alpha value is -0.750. The van der Waals surface area contributed by atoms with Crippen molar-refractivity contribution in [1.29, 1.82) is 0 Å². The van der Waals surface area contributed by atoms with Crippen LogP contribution in [0.4, 0.5) is 0 Å². The van der Waals surface area contributed by atoms with Crippen LogP contribution in [0.25, 0.3) is 0 Å². The van der Waals surface area contributed by atoms with Gasteiger partial charge in [0, 0.05) is 19.3 Å². The lowest BCUT2D eigenvalue weighted by molar-refractivity contribution is -1.91. The number of halogens is 1. The summed E-state index contributed by atoms with van der Waals surface area (Å²) in [6, 6.07) is 1.41. The molecule has 0 bridgehead atoms. The molecule has 5 nitrogen and oxygen atoms in total. The average molecular weight is 194 g/mol. The molecular weight excluding hydrogens is 186 g/mol. The summed E-state index contributed by atoms with van der Waals surface area (Å²) in [6.07, 6.45) is 1.60. The summed E-state index contributed by atoms with van der Waals surface area (Å²) in [7, 11) is -2.67. The summed E-state index contributed by atoms with van der Waals surface area (Å²) in [5.74, 6) is 0.0640. The lowest BCUT2D eigenvalue weighted by Gasteiger charge is -2.11. The van der Waals surface area contributed by atoms with E-state index in [1.54, 1.807) is 24.7 Å². The van der Waals surface area contributed by atoms with Crippen LogP contribution >= 0.6 is 0 Å². The number of rotatable bonds is 2. The second-order valence-corrected chi connectivity index (χ2v) is 3.24. The topological polar surface area (TPSA) is 83.3 Å². The summed E-state index contributed by atoms with van der Waals surface area (Å²) in [4.78, 5) is 0. The highest BCUT2D eigenvalue weighted by Crippen LogP contribution is 2.19. The fourth-order valence-corrected chi connectivity index (χ4v) is 1.14. The van der Waals surface area contributed by atoms with Crippen molar-refractivity contribution < 1.29 is 28.5 Å². The molecule has 0 spiro atoms. The highest BCUT2D eigenvalue weighted by atomic mass is 35.7. The van der Waals surface area contributed by atoms with Gasteiger partial charge in [0.25, 0.3) is 0 Å². The number of nitrogens with zero attached hydrogens (tertiary/aromatic N) is 1. The molecule has 12 heavy (non-hydrogen) atoms. The molecule has 0 aliphatic heterocycles. The molecule has 0 amide bonds. The molecule has 0 N–H and O–H groups in total. The first-order chi connectivity index (χ1) is 5.40. The Labute approximate surface area is 71.5 Å². The van der Waals surface area contributed by atoms with Crippen LogP contribution < -0.4 is 18.3 Å². The molecule has 6 heteroatoms. The van der Waals surface area contributed by atoms with E-state index in [0.29, 0.717) is 5.69 Å². The van der Waals surface area contributed by atoms with Crippen molar-refractivity contribution in [2.45, 2.75) is 6.92 Å². The maximum absolute atomic E-state index is 10.1. The summed E-state index contributed by atoms with van der Waals surface area (Å²) < 4.78 is 36.2. The zero-order valence-electron chi connectivity index (χ0n) is 6.61. The number of aryl methyl sites for hydroxylation is 1. The van der Waals surface area contributed by atoms with Crippen LogP contribution in [0.15, 0.2) is 12.3 Å². The third-order valence-corrected chi connectivity index (χ3v) is 1.87. The van der Waals surface area contributed by atoms with Crippen molar-refractivity contribution >= 4 is 0 Å². The minimum atomic E-state index is -4.38. The summed E-state index contributed by atoms with van der Waals surface area (Å²) >= 11 is 0. The summed E-state index contributed by atoms with van der Waals surface area (Å²) in [5, 5.41) is 0. The molecule has 1 aromatic heterocycles. The van der Waals surface area contributed by atoms with Gasteiger partial charge in [-0.05, 0) is 6.92 Å². The largest absolute Gasteiger partial charge is 0.351 e. The Kier molecular flexibility index (Phi) is 2.29. The van der Waals surface area contributed by atoms with Gasteiger partial charge in [-0.3, -0.25) is 0 Å². The monoisotopic (exact) mass is 193 g/mol. The van der Waals surface area contributed by atoms with E-state index in [-0.39, 0.29) is 5.75 Å². The van der Waals surface area contributed by atoms with E-state index in [0.717, 1.165) is 0 Å². The minimum Gasteiger partial charge on any atom is -0.351 e. The van der Waals surface area contributed by atoms with E-state index in [1.165, 1.54) is 6.07 Å². The van der Waals surface area contributed by atoms with Crippen LogP contribution in [0.5, 0.6) is 5.75 Å². The van der Waals surface area contributed by atoms with Gasteiger partial charge in [-0.1, -0.05) is 4.29 Å². The Morgan fingerprint density at radius 2 is 2.00 bits per heavy atom. The number of hydrogen-bond donors (Lipinski definition) is 0. The molecule has 0 unspecified atom stereocenters. The molecule has 0 saturated heterocycles. The second kappa shape index (κ2) is 2.95. The molecule has 0 saturated carbocycles. The van der Waals surface area contributed by atoms with E-state index in [4.69, 9.17) is 0 Å². The van der Waals surface area contributed by atoms with Gasteiger partial charge in [0.2, 0.25) is 0 Å². The lowest BCUT2D eigenvalue weighted by Crippen LogP contribution is -2.63. The van der Waals surface area contributed by atoms with Gasteiger partial charge in [0.1, 0.15) is 10.2 Å². The van der Waals surface area contributed by atoms with Gasteiger partial charge >= 0.3 is 5.75 Å². The molecule has 0 fully saturated rings. The van der Waals surface area contributed by atoms with Crippen molar-refractivity contribution in [2.24, 2.45) is 7.05 Å². The zero-order valence-corrected chi connectivity index (χ0v) is 7.37. The van der Waals surface area contributed by atoms with Gasteiger partial charge in [0.05, 0.1) is 5.69 Å². The standard InChI is InChI=1S/C6H8ClNO4/c1-5-6(3-4-8(5)2)12-7(9,10)11/h3-4H,1-2H3. The fraction of sp³-hybridized carbons (Fsp3) is 0.333. The summed E-state index contributed by atoms with van der Waals surface area (Å²) in [5.41, 5.74) is 0.585. The molecule has 0 radical (unpaired) electrons. The number of hydrogen-bond acceptors (Lipinski definition) is 4. The zero-order chi connectivity index (χ0) is 9.35. The second-order valence-electron chi connectivity index (χ2n) is 2.33. The van der Waals surface area contributed by atoms with Crippen LogP contribution in [0.3, 0.4) is 0 Å². The predicted molar refractivity (Wildman–Crippen MR) is 30.8 cm³/mol. The molecule has 68 valence electrons. The van der Waals surface area contributed by atoms with Crippen molar-refractivity contribution in [3.8, 4) is 5.75 Å².